The quantitative estimate of drug-likeness (QED) is 0.541. The van der Waals surface area contributed by atoms with Crippen molar-refractivity contribution in [1.29, 1.82) is 0 Å². The predicted molar refractivity (Wildman–Crippen MR) is 67.2 cm³/mol. The van der Waals surface area contributed by atoms with E-state index in [4.69, 9.17) is 22.7 Å². The van der Waals surface area contributed by atoms with Gasteiger partial charge in [-0.3, -0.25) is 0 Å². The Kier molecular flexibility index (Phi) is 4.94. The molecule has 0 aliphatic heterocycles. The minimum absolute atomic E-state index is 0.0976. The van der Waals surface area contributed by atoms with E-state index < -0.39 is 0 Å². The van der Waals surface area contributed by atoms with Crippen LogP contribution >= 0.6 is 12.2 Å². The third-order valence-corrected chi connectivity index (χ3v) is 1.98. The van der Waals surface area contributed by atoms with Crippen molar-refractivity contribution >= 4 is 28.7 Å². The van der Waals surface area contributed by atoms with Crippen LogP contribution in [-0.4, -0.2) is 25.4 Å². The summed E-state index contributed by atoms with van der Waals surface area (Å²) in [6.45, 7) is 0.990. The molecule has 1 aromatic carbocycles. The molecular weight excluding hydrogens is 229 g/mol. The van der Waals surface area contributed by atoms with Crippen molar-refractivity contribution in [2.24, 2.45) is 5.73 Å². The van der Waals surface area contributed by atoms with Gasteiger partial charge in [0.05, 0.1) is 18.0 Å². The van der Waals surface area contributed by atoms with E-state index in [1.807, 2.05) is 0 Å². The molecule has 0 heterocycles. The van der Waals surface area contributed by atoms with Crippen molar-refractivity contribution in [2.45, 2.75) is 0 Å². The van der Waals surface area contributed by atoms with Gasteiger partial charge in [0.15, 0.2) is 5.11 Å². The fraction of sp³-hybridized carbons (Fsp3) is 0.300. The lowest BCUT2D eigenvalue weighted by atomic mass is 10.2. The van der Waals surface area contributed by atoms with Crippen LogP contribution in [0.5, 0.6) is 0 Å². The summed E-state index contributed by atoms with van der Waals surface area (Å²) in [7, 11) is 1.58. The Labute approximate surface area is 99.0 Å². The van der Waals surface area contributed by atoms with E-state index in [1.54, 1.807) is 19.2 Å². The third-order valence-electron chi connectivity index (χ3n) is 1.88. The number of para-hydroxylation sites is 1. The molecule has 4 N–H and O–H groups in total. The highest BCUT2D eigenvalue weighted by Gasteiger charge is 2.07. The largest absolute Gasteiger partial charge is 0.383 e. The maximum absolute atomic E-state index is 13.5. The number of thiocarbonyl (C=S) groups is 1. The molecular formula is C10H14FN3OS. The summed E-state index contributed by atoms with van der Waals surface area (Å²) in [5.74, 6) is -0.364. The third kappa shape index (κ3) is 3.63. The fourth-order valence-corrected chi connectivity index (χ4v) is 1.33. The molecule has 0 unspecified atom stereocenters. The van der Waals surface area contributed by atoms with Crippen molar-refractivity contribution in [3.8, 4) is 0 Å². The summed E-state index contributed by atoms with van der Waals surface area (Å²) in [5, 5.41) is 5.71. The standard InChI is InChI=1S/C10H14FN3OS/c1-15-6-5-13-9-7(11)3-2-4-8(9)14-10(12)16/h2-4,13H,5-6H2,1H3,(H3,12,14,16). The smallest absolute Gasteiger partial charge is 0.168 e. The zero-order valence-electron chi connectivity index (χ0n) is 8.92. The Morgan fingerprint density at radius 2 is 2.31 bits per heavy atom. The van der Waals surface area contributed by atoms with Crippen molar-refractivity contribution in [3.05, 3.63) is 24.0 Å². The van der Waals surface area contributed by atoms with Gasteiger partial charge in [-0.05, 0) is 24.4 Å². The summed E-state index contributed by atoms with van der Waals surface area (Å²) < 4.78 is 18.4. The first-order valence-electron chi connectivity index (χ1n) is 4.73. The number of nitrogens with one attached hydrogen (secondary N) is 2. The number of hydrogen-bond donors (Lipinski definition) is 3. The summed E-state index contributed by atoms with van der Waals surface area (Å²) in [4.78, 5) is 0. The summed E-state index contributed by atoms with van der Waals surface area (Å²) >= 11 is 4.71. The molecule has 0 amide bonds. The number of methoxy groups -OCH3 is 1. The van der Waals surface area contributed by atoms with Crippen LogP contribution in [0.25, 0.3) is 0 Å². The maximum atomic E-state index is 13.5. The van der Waals surface area contributed by atoms with Gasteiger partial charge in [0.2, 0.25) is 0 Å². The average Bonchev–Trinajstić information content (AvgIpc) is 2.21. The number of halogens is 1. The Bertz CT molecular complexity index is 373. The molecule has 0 aliphatic carbocycles. The number of benzene rings is 1. The van der Waals surface area contributed by atoms with Crippen LogP contribution in [0.15, 0.2) is 18.2 Å². The molecule has 0 saturated heterocycles. The molecule has 0 saturated carbocycles. The van der Waals surface area contributed by atoms with Crippen LogP contribution in [0.4, 0.5) is 15.8 Å². The summed E-state index contributed by atoms with van der Waals surface area (Å²) in [5.41, 5.74) is 6.20. The normalized spacial score (nSPS) is 9.88. The van der Waals surface area contributed by atoms with Crippen molar-refractivity contribution in [3.63, 3.8) is 0 Å². The van der Waals surface area contributed by atoms with Crippen LogP contribution in [0.2, 0.25) is 0 Å². The number of nitrogens with two attached hydrogens (primary N) is 1. The monoisotopic (exact) mass is 243 g/mol. The second-order valence-electron chi connectivity index (χ2n) is 3.07. The Balaban J connectivity index is 2.81. The zero-order chi connectivity index (χ0) is 12.0. The highest BCUT2D eigenvalue weighted by Crippen LogP contribution is 2.24. The van der Waals surface area contributed by atoms with E-state index in [0.717, 1.165) is 0 Å². The molecule has 0 bridgehead atoms. The molecule has 0 spiro atoms. The molecule has 0 fully saturated rings. The lowest BCUT2D eigenvalue weighted by Gasteiger charge is -2.13. The molecule has 1 aromatic rings. The molecule has 16 heavy (non-hydrogen) atoms. The number of rotatable bonds is 5. The predicted octanol–water partition coefficient (Wildman–Crippen LogP) is 1.54. The first-order chi connectivity index (χ1) is 7.65. The first-order valence-corrected chi connectivity index (χ1v) is 5.13. The van der Waals surface area contributed by atoms with Gasteiger partial charge in [-0.1, -0.05) is 6.07 Å². The molecule has 4 nitrogen and oxygen atoms in total. The van der Waals surface area contributed by atoms with Gasteiger partial charge in [-0.25, -0.2) is 4.39 Å². The second-order valence-corrected chi connectivity index (χ2v) is 3.51. The van der Waals surface area contributed by atoms with E-state index in [9.17, 15) is 4.39 Å². The van der Waals surface area contributed by atoms with E-state index in [-0.39, 0.29) is 10.9 Å². The molecule has 0 aliphatic rings. The number of ether oxygens (including phenoxy) is 1. The second kappa shape index (κ2) is 6.24. The van der Waals surface area contributed by atoms with Gasteiger partial charge >= 0.3 is 0 Å². The highest BCUT2D eigenvalue weighted by atomic mass is 32.1. The minimum atomic E-state index is -0.364. The Morgan fingerprint density at radius 1 is 1.56 bits per heavy atom. The molecule has 88 valence electrons. The number of anilines is 2. The SMILES string of the molecule is COCCNc1c(F)cccc1NC(N)=S. The van der Waals surface area contributed by atoms with Crippen molar-refractivity contribution in [1.82, 2.24) is 0 Å². The van der Waals surface area contributed by atoms with E-state index in [2.05, 4.69) is 10.6 Å². The topological polar surface area (TPSA) is 59.3 Å². The van der Waals surface area contributed by atoms with Gasteiger partial charge < -0.3 is 21.1 Å². The van der Waals surface area contributed by atoms with Crippen LogP contribution in [0.3, 0.4) is 0 Å². The van der Waals surface area contributed by atoms with E-state index >= 15 is 0 Å². The van der Waals surface area contributed by atoms with Crippen LogP contribution in [-0.2, 0) is 4.74 Å². The van der Waals surface area contributed by atoms with Crippen LogP contribution in [0.1, 0.15) is 0 Å². The highest BCUT2D eigenvalue weighted by molar-refractivity contribution is 7.80. The lowest BCUT2D eigenvalue weighted by molar-refractivity contribution is 0.210. The van der Waals surface area contributed by atoms with Gasteiger partial charge in [0.1, 0.15) is 5.82 Å². The number of hydrogen-bond acceptors (Lipinski definition) is 3. The van der Waals surface area contributed by atoms with Crippen LogP contribution in [0, 0.1) is 5.82 Å². The molecule has 6 heteroatoms. The van der Waals surface area contributed by atoms with Crippen molar-refractivity contribution < 1.29 is 9.13 Å². The molecule has 1 rings (SSSR count). The average molecular weight is 243 g/mol. The Morgan fingerprint density at radius 3 is 2.94 bits per heavy atom. The van der Waals surface area contributed by atoms with Crippen molar-refractivity contribution in [2.75, 3.05) is 30.9 Å². The summed E-state index contributed by atoms with van der Waals surface area (Å²) in [6.07, 6.45) is 0. The zero-order valence-corrected chi connectivity index (χ0v) is 9.73. The van der Waals surface area contributed by atoms with Gasteiger partial charge in [0, 0.05) is 13.7 Å². The molecule has 0 radical (unpaired) electrons. The van der Waals surface area contributed by atoms with E-state index in [1.165, 1.54) is 6.07 Å². The Hall–Kier alpha value is -1.40. The summed E-state index contributed by atoms with van der Waals surface area (Å²) in [6, 6.07) is 4.63. The van der Waals surface area contributed by atoms with Gasteiger partial charge in [-0.2, -0.15) is 0 Å². The fourth-order valence-electron chi connectivity index (χ4n) is 1.22. The first kappa shape index (κ1) is 12.7. The minimum Gasteiger partial charge on any atom is -0.383 e. The van der Waals surface area contributed by atoms with E-state index in [0.29, 0.717) is 24.5 Å². The van der Waals surface area contributed by atoms with Gasteiger partial charge in [0.25, 0.3) is 0 Å². The lowest BCUT2D eigenvalue weighted by Crippen LogP contribution is -2.20. The molecule has 0 atom stereocenters. The maximum Gasteiger partial charge on any atom is 0.168 e. The van der Waals surface area contributed by atoms with Crippen LogP contribution < -0.4 is 16.4 Å². The van der Waals surface area contributed by atoms with Gasteiger partial charge in [-0.15, -0.1) is 0 Å². The molecule has 0 aromatic heterocycles.